The third-order valence-corrected chi connectivity index (χ3v) is 10.7. The zero-order chi connectivity index (χ0) is 34.3. The van der Waals surface area contributed by atoms with E-state index in [1.807, 2.05) is 29.5 Å². The summed E-state index contributed by atoms with van der Waals surface area (Å²) in [7, 11) is 1.39. The highest BCUT2D eigenvalue weighted by atomic mass is 32.1. The summed E-state index contributed by atoms with van der Waals surface area (Å²) in [5.74, 6) is 0. The number of carbonyl (C=O) groups is 1. The smallest absolute Gasteiger partial charge is 0.418 e. The van der Waals surface area contributed by atoms with E-state index in [1.54, 1.807) is 6.20 Å². The summed E-state index contributed by atoms with van der Waals surface area (Å²) in [4.78, 5) is 14.5. The van der Waals surface area contributed by atoms with Gasteiger partial charge in [-0.25, -0.2) is 4.79 Å². The van der Waals surface area contributed by atoms with Gasteiger partial charge in [0.1, 0.15) is 0 Å². The molecule has 0 aliphatic carbocycles. The van der Waals surface area contributed by atoms with Crippen molar-refractivity contribution in [3.63, 3.8) is 0 Å². The van der Waals surface area contributed by atoms with Crippen LogP contribution in [0.2, 0.25) is 0 Å². The lowest BCUT2D eigenvalue weighted by Gasteiger charge is -2.26. The highest BCUT2D eigenvalue weighted by Gasteiger charge is 2.16. The fraction of sp³-hybridized carbons (Fsp3) is 0.0217. The molecule has 0 spiro atoms. The maximum atomic E-state index is 12.1. The van der Waals surface area contributed by atoms with E-state index in [0.717, 1.165) is 50.2 Å². The fourth-order valence-electron chi connectivity index (χ4n) is 6.99. The van der Waals surface area contributed by atoms with Crippen LogP contribution in [-0.2, 0) is 4.74 Å². The van der Waals surface area contributed by atoms with E-state index in [1.165, 1.54) is 43.0 Å². The molecule has 51 heavy (non-hydrogen) atoms. The molecule has 9 rings (SSSR count). The fourth-order valence-corrected chi connectivity index (χ4v) is 8.13. The first-order valence-corrected chi connectivity index (χ1v) is 17.7. The number of carbonyl (C=O) groups excluding carboxylic acids is 1. The van der Waals surface area contributed by atoms with Crippen molar-refractivity contribution in [3.05, 3.63) is 176 Å². The van der Waals surface area contributed by atoms with Crippen molar-refractivity contribution in [2.24, 2.45) is 0 Å². The molecule has 0 N–H and O–H groups in total. The zero-order valence-corrected chi connectivity index (χ0v) is 28.7. The molecule has 0 atom stereocenters. The molecule has 0 amide bonds. The van der Waals surface area contributed by atoms with Crippen LogP contribution in [0.1, 0.15) is 0 Å². The molecule has 0 unspecified atom stereocenters. The molecule has 0 radical (unpaired) electrons. The number of methoxy groups -OCH3 is 1. The highest BCUT2D eigenvalue weighted by molar-refractivity contribution is 7.25. The summed E-state index contributed by atoms with van der Waals surface area (Å²) in [5.41, 5.74) is 11.0. The van der Waals surface area contributed by atoms with Gasteiger partial charge in [-0.15, -0.1) is 11.3 Å². The second-order valence-electron chi connectivity index (χ2n) is 12.6. The number of anilines is 3. The number of nitrogens with zero attached hydrogens (tertiary/aromatic N) is 2. The Morgan fingerprint density at radius 1 is 0.510 bits per heavy atom. The Morgan fingerprint density at radius 2 is 1.10 bits per heavy atom. The lowest BCUT2D eigenvalue weighted by molar-refractivity contribution is 0.174. The minimum absolute atomic E-state index is 0.396. The van der Waals surface area contributed by atoms with E-state index in [4.69, 9.17) is 4.74 Å². The largest absolute Gasteiger partial charge is 0.452 e. The van der Waals surface area contributed by atoms with E-state index >= 15 is 0 Å². The van der Waals surface area contributed by atoms with Gasteiger partial charge in [-0.2, -0.15) is 0 Å². The summed E-state index contributed by atoms with van der Waals surface area (Å²) < 4.78 is 9.01. The van der Waals surface area contributed by atoms with Gasteiger partial charge in [0, 0.05) is 48.8 Å². The van der Waals surface area contributed by atoms with Gasteiger partial charge in [-0.1, -0.05) is 109 Å². The summed E-state index contributed by atoms with van der Waals surface area (Å²) in [6.45, 7) is 0. The predicted octanol–water partition coefficient (Wildman–Crippen LogP) is 13.1. The molecular weight excluding hydrogens is 645 g/mol. The highest BCUT2D eigenvalue weighted by Crippen LogP contribution is 2.42. The van der Waals surface area contributed by atoms with Gasteiger partial charge in [0.05, 0.1) is 12.6 Å². The SMILES string of the molecule is COC(=O)n1ccc2cc(-c3ccc(-c4cccc(N(c5ccc(-c6ccccc6)cc5)c5ccc6c(c5)sc5ccccc56)c4)cc3)ccc21. The Balaban J connectivity index is 1.08. The molecule has 0 saturated carbocycles. The zero-order valence-electron chi connectivity index (χ0n) is 27.9. The lowest BCUT2D eigenvalue weighted by Crippen LogP contribution is -2.09. The molecule has 9 aromatic rings. The second-order valence-corrected chi connectivity index (χ2v) is 13.7. The summed E-state index contributed by atoms with van der Waals surface area (Å²) in [6.07, 6.45) is 1.35. The van der Waals surface area contributed by atoms with Gasteiger partial charge in [-0.3, -0.25) is 4.57 Å². The topological polar surface area (TPSA) is 34.5 Å². The molecular formula is C46H32N2O2S. The molecule has 2 aromatic heterocycles. The van der Waals surface area contributed by atoms with Crippen LogP contribution >= 0.6 is 11.3 Å². The van der Waals surface area contributed by atoms with Crippen LogP contribution in [0.15, 0.2) is 176 Å². The van der Waals surface area contributed by atoms with Crippen LogP contribution in [0.4, 0.5) is 21.9 Å². The molecule has 2 heterocycles. The van der Waals surface area contributed by atoms with Crippen LogP contribution in [0.25, 0.3) is 64.5 Å². The van der Waals surface area contributed by atoms with Gasteiger partial charge in [0.25, 0.3) is 0 Å². The monoisotopic (exact) mass is 676 g/mol. The molecule has 5 heteroatoms. The number of hydrogen-bond acceptors (Lipinski definition) is 4. The first kappa shape index (κ1) is 30.6. The van der Waals surface area contributed by atoms with Gasteiger partial charge < -0.3 is 9.64 Å². The number of rotatable bonds is 6. The molecule has 7 aromatic carbocycles. The number of ether oxygens (including phenoxy) is 1. The van der Waals surface area contributed by atoms with Gasteiger partial charge >= 0.3 is 6.09 Å². The minimum Gasteiger partial charge on any atom is -0.452 e. The molecule has 4 nitrogen and oxygen atoms in total. The van der Waals surface area contributed by atoms with Crippen LogP contribution in [0, 0.1) is 0 Å². The number of hydrogen-bond donors (Lipinski definition) is 0. The van der Waals surface area contributed by atoms with E-state index in [9.17, 15) is 4.79 Å². The minimum atomic E-state index is -0.396. The molecule has 0 aliphatic heterocycles. The quantitative estimate of drug-likeness (QED) is 0.176. The first-order valence-electron chi connectivity index (χ1n) is 16.9. The van der Waals surface area contributed by atoms with E-state index in [0.29, 0.717) is 0 Å². The van der Waals surface area contributed by atoms with Crippen molar-refractivity contribution in [2.75, 3.05) is 12.0 Å². The van der Waals surface area contributed by atoms with Crippen LogP contribution in [0.3, 0.4) is 0 Å². The molecule has 0 aliphatic rings. The summed E-state index contributed by atoms with van der Waals surface area (Å²) in [6, 6.07) is 60.4. The van der Waals surface area contributed by atoms with Crippen LogP contribution in [-0.4, -0.2) is 17.8 Å². The van der Waals surface area contributed by atoms with Gasteiger partial charge in [-0.05, 0) is 94.0 Å². The van der Waals surface area contributed by atoms with Crippen LogP contribution in [0.5, 0.6) is 0 Å². The Hall–Kier alpha value is -6.43. The van der Waals surface area contributed by atoms with E-state index < -0.39 is 6.09 Å². The number of fused-ring (bicyclic) bond motifs is 4. The maximum absolute atomic E-state index is 12.1. The number of aromatic nitrogens is 1. The van der Waals surface area contributed by atoms with Gasteiger partial charge in [0.2, 0.25) is 0 Å². The first-order chi connectivity index (χ1) is 25.1. The molecule has 0 saturated heterocycles. The molecule has 0 bridgehead atoms. The second kappa shape index (κ2) is 12.8. The van der Waals surface area contributed by atoms with Gasteiger partial charge in [0.15, 0.2) is 0 Å². The summed E-state index contributed by atoms with van der Waals surface area (Å²) >= 11 is 1.84. The lowest BCUT2D eigenvalue weighted by atomic mass is 9.99. The van der Waals surface area contributed by atoms with Crippen molar-refractivity contribution in [3.8, 4) is 33.4 Å². The normalized spacial score (nSPS) is 11.3. The van der Waals surface area contributed by atoms with Crippen molar-refractivity contribution in [1.29, 1.82) is 0 Å². The maximum Gasteiger partial charge on any atom is 0.418 e. The standard InChI is InChI=1S/C46H32N2O2S/c1-50-46(49)47-27-26-37-28-36(20-25-43(37)47)34-16-14-33(15-17-34)35-10-7-11-39(29-35)48(38-21-18-32(19-22-38)31-8-3-2-4-9-31)40-23-24-42-41-12-5-6-13-44(41)51-45(42)30-40/h2-30H,1H3. The average Bonchev–Trinajstić information content (AvgIpc) is 3.80. The Bertz CT molecular complexity index is 2690. The number of benzene rings is 7. The average molecular weight is 677 g/mol. The molecule has 244 valence electrons. The van der Waals surface area contributed by atoms with E-state index in [2.05, 4.69) is 157 Å². The Kier molecular flexibility index (Phi) is 7.68. The van der Waals surface area contributed by atoms with Crippen LogP contribution < -0.4 is 4.90 Å². The Labute approximate surface area is 300 Å². The van der Waals surface area contributed by atoms with Crippen molar-refractivity contribution in [2.45, 2.75) is 0 Å². The van der Waals surface area contributed by atoms with Crippen molar-refractivity contribution < 1.29 is 9.53 Å². The molecule has 0 fully saturated rings. The van der Waals surface area contributed by atoms with Crippen molar-refractivity contribution >= 4 is 65.6 Å². The number of thiophene rings is 1. The predicted molar refractivity (Wildman–Crippen MR) is 214 cm³/mol. The summed E-state index contributed by atoms with van der Waals surface area (Å²) in [5, 5.41) is 3.57. The third-order valence-electron chi connectivity index (χ3n) is 9.57. The third kappa shape index (κ3) is 5.64. The Morgan fingerprint density at radius 3 is 1.88 bits per heavy atom. The van der Waals surface area contributed by atoms with E-state index in [-0.39, 0.29) is 0 Å². The van der Waals surface area contributed by atoms with Crippen molar-refractivity contribution in [1.82, 2.24) is 4.57 Å².